The number of phosphoric acid groups is 1. The van der Waals surface area contributed by atoms with E-state index in [1.54, 1.807) is 0 Å². The van der Waals surface area contributed by atoms with Crippen LogP contribution < -0.4 is 0 Å². The molecule has 14 heavy (non-hydrogen) atoms. The molecular formula is C5H11O8P. The highest BCUT2D eigenvalue weighted by molar-refractivity contribution is 7.46. The third-order valence-corrected chi connectivity index (χ3v) is 1.69. The van der Waals surface area contributed by atoms with Gasteiger partial charge in [0.25, 0.3) is 0 Å². The Kier molecular flexibility index (Phi) is 4.66. The van der Waals surface area contributed by atoms with Crippen molar-refractivity contribution < 1.29 is 39.0 Å². The lowest BCUT2D eigenvalue weighted by Gasteiger charge is -2.18. The van der Waals surface area contributed by atoms with Crippen LogP contribution in [0.1, 0.15) is 6.92 Å². The van der Waals surface area contributed by atoms with Gasteiger partial charge in [0, 0.05) is 0 Å². The van der Waals surface area contributed by atoms with Crippen molar-refractivity contribution >= 4 is 13.8 Å². The van der Waals surface area contributed by atoms with Gasteiger partial charge in [0.2, 0.25) is 0 Å². The topological polar surface area (TPSA) is 145 Å². The number of hydrogen-bond acceptors (Lipinski definition) is 6. The fraction of sp³-hybridized carbons (Fsp3) is 0.800. The molecule has 3 atom stereocenters. The number of aliphatic hydroxyl groups is 3. The molecule has 0 aromatic carbocycles. The molecule has 0 aliphatic carbocycles. The maximum Gasteiger partial charge on any atom is 0.527 e. The van der Waals surface area contributed by atoms with E-state index in [2.05, 4.69) is 4.52 Å². The normalized spacial score (nSPS) is 18.4. The Morgan fingerprint density at radius 2 is 1.71 bits per heavy atom. The first-order chi connectivity index (χ1) is 6.15. The summed E-state index contributed by atoms with van der Waals surface area (Å²) in [7, 11) is -5.05. The summed E-state index contributed by atoms with van der Waals surface area (Å²) >= 11 is 0. The minimum Gasteiger partial charge on any atom is -0.391 e. The molecule has 0 fully saturated rings. The summed E-state index contributed by atoms with van der Waals surface area (Å²) in [5.74, 6) is -1.70. The van der Waals surface area contributed by atoms with Crippen LogP contribution in [0.5, 0.6) is 0 Å². The van der Waals surface area contributed by atoms with Crippen LogP contribution in [0, 0.1) is 0 Å². The van der Waals surface area contributed by atoms with E-state index in [4.69, 9.17) is 25.1 Å². The molecule has 0 heterocycles. The summed E-state index contributed by atoms with van der Waals surface area (Å²) in [5.41, 5.74) is 0. The number of phosphoric ester groups is 1. The molecule has 0 amide bonds. The molecule has 0 radical (unpaired) electrons. The minimum absolute atomic E-state index is 1.08. The fourth-order valence-corrected chi connectivity index (χ4v) is 0.917. The molecular weight excluding hydrogens is 219 g/mol. The molecule has 0 saturated carbocycles. The smallest absolute Gasteiger partial charge is 0.391 e. The monoisotopic (exact) mass is 230 g/mol. The van der Waals surface area contributed by atoms with Crippen molar-refractivity contribution in [3.8, 4) is 0 Å². The van der Waals surface area contributed by atoms with Crippen molar-refractivity contribution in [2.24, 2.45) is 0 Å². The van der Waals surface area contributed by atoms with Crippen molar-refractivity contribution in [3.05, 3.63) is 0 Å². The third kappa shape index (κ3) is 4.66. The van der Waals surface area contributed by atoms with Crippen LogP contribution in [-0.2, 0) is 13.9 Å². The summed E-state index contributed by atoms with van der Waals surface area (Å²) in [5, 5.41) is 26.5. The SMILES string of the molecule is C[C@@H](O)[C@@H](O)[C@@H](O)C(=O)OP(=O)(O)O. The highest BCUT2D eigenvalue weighted by Crippen LogP contribution is 2.36. The molecule has 0 rings (SSSR count). The third-order valence-electron chi connectivity index (χ3n) is 1.27. The molecule has 0 aromatic heterocycles. The van der Waals surface area contributed by atoms with E-state index in [1.807, 2.05) is 0 Å². The number of carbonyl (C=O) groups is 1. The van der Waals surface area contributed by atoms with Crippen LogP contribution in [0.15, 0.2) is 0 Å². The van der Waals surface area contributed by atoms with Gasteiger partial charge >= 0.3 is 13.8 Å². The number of carbonyl (C=O) groups excluding carboxylic acids is 1. The zero-order valence-electron chi connectivity index (χ0n) is 7.14. The number of aliphatic hydroxyl groups excluding tert-OH is 3. The van der Waals surface area contributed by atoms with E-state index in [-0.39, 0.29) is 0 Å². The standard InChI is InChI=1S/C5H11O8P/c1-2(6)3(7)4(8)5(9)13-14(10,11)12/h2-4,6-8H,1H3,(H2,10,11,12)/t2-,3-,4-/m1/s1. The Labute approximate surface area is 79.0 Å². The predicted octanol–water partition coefficient (Wildman–Crippen LogP) is -2.28. The zero-order valence-corrected chi connectivity index (χ0v) is 8.03. The van der Waals surface area contributed by atoms with Gasteiger partial charge in [-0.3, -0.25) is 9.79 Å². The Morgan fingerprint density at radius 1 is 1.29 bits per heavy atom. The molecule has 9 heteroatoms. The Hall–Kier alpha value is -0.500. The molecule has 0 spiro atoms. The maximum absolute atomic E-state index is 10.7. The number of hydrogen-bond donors (Lipinski definition) is 5. The second kappa shape index (κ2) is 4.83. The second-order valence-electron chi connectivity index (χ2n) is 2.58. The minimum atomic E-state index is -5.05. The van der Waals surface area contributed by atoms with Gasteiger partial charge < -0.3 is 19.8 Å². The highest BCUT2D eigenvalue weighted by Gasteiger charge is 2.33. The Morgan fingerprint density at radius 3 is 2.00 bits per heavy atom. The quantitative estimate of drug-likeness (QED) is 0.340. The van der Waals surface area contributed by atoms with Crippen LogP contribution in [-0.4, -0.2) is 49.4 Å². The molecule has 5 N–H and O–H groups in total. The molecule has 0 aliphatic rings. The first-order valence-electron chi connectivity index (χ1n) is 3.48. The van der Waals surface area contributed by atoms with Crippen LogP contribution in [0.4, 0.5) is 0 Å². The zero-order chi connectivity index (χ0) is 11.5. The Bertz CT molecular complexity index is 244. The lowest BCUT2D eigenvalue weighted by atomic mass is 10.1. The first-order valence-corrected chi connectivity index (χ1v) is 5.01. The summed E-state index contributed by atoms with van der Waals surface area (Å²) in [6, 6.07) is 0. The van der Waals surface area contributed by atoms with Crippen LogP contribution in [0.3, 0.4) is 0 Å². The van der Waals surface area contributed by atoms with Gasteiger partial charge in [0.05, 0.1) is 6.10 Å². The number of rotatable bonds is 4. The molecule has 8 nitrogen and oxygen atoms in total. The van der Waals surface area contributed by atoms with E-state index in [1.165, 1.54) is 0 Å². The summed E-state index contributed by atoms with van der Waals surface area (Å²) in [6.07, 6.45) is -5.51. The second-order valence-corrected chi connectivity index (χ2v) is 3.74. The van der Waals surface area contributed by atoms with Crippen molar-refractivity contribution in [1.82, 2.24) is 0 Å². The van der Waals surface area contributed by atoms with Gasteiger partial charge in [-0.1, -0.05) is 0 Å². The summed E-state index contributed by atoms with van der Waals surface area (Å²) in [6.45, 7) is 1.08. The lowest BCUT2D eigenvalue weighted by Crippen LogP contribution is -2.41. The average molecular weight is 230 g/mol. The maximum atomic E-state index is 10.7. The van der Waals surface area contributed by atoms with Crippen molar-refractivity contribution in [2.75, 3.05) is 0 Å². The van der Waals surface area contributed by atoms with Crippen molar-refractivity contribution in [2.45, 2.75) is 25.2 Å². The summed E-state index contributed by atoms with van der Waals surface area (Å²) in [4.78, 5) is 27.0. The molecule has 84 valence electrons. The van der Waals surface area contributed by atoms with Crippen molar-refractivity contribution in [1.29, 1.82) is 0 Å². The average Bonchev–Trinajstić information content (AvgIpc) is 1.98. The van der Waals surface area contributed by atoms with Gasteiger partial charge in [-0.15, -0.1) is 0 Å². The van der Waals surface area contributed by atoms with Crippen LogP contribution in [0.25, 0.3) is 0 Å². The van der Waals surface area contributed by atoms with Gasteiger partial charge in [0.1, 0.15) is 6.10 Å². The largest absolute Gasteiger partial charge is 0.527 e. The van der Waals surface area contributed by atoms with E-state index in [0.717, 1.165) is 6.92 Å². The van der Waals surface area contributed by atoms with Crippen LogP contribution in [0.2, 0.25) is 0 Å². The molecule has 0 aliphatic heterocycles. The van der Waals surface area contributed by atoms with E-state index in [0.29, 0.717) is 0 Å². The molecule has 0 aromatic rings. The van der Waals surface area contributed by atoms with Crippen LogP contribution >= 0.6 is 7.82 Å². The Balaban J connectivity index is 4.34. The first kappa shape index (κ1) is 13.5. The van der Waals surface area contributed by atoms with Gasteiger partial charge in [-0.25, -0.2) is 9.36 Å². The fourth-order valence-electron chi connectivity index (χ4n) is 0.574. The van der Waals surface area contributed by atoms with E-state index < -0.39 is 32.1 Å². The lowest BCUT2D eigenvalue weighted by molar-refractivity contribution is -0.155. The predicted molar refractivity (Wildman–Crippen MR) is 41.8 cm³/mol. The molecule has 0 saturated heterocycles. The molecule has 0 unspecified atom stereocenters. The van der Waals surface area contributed by atoms with Crippen molar-refractivity contribution in [3.63, 3.8) is 0 Å². The summed E-state index contributed by atoms with van der Waals surface area (Å²) < 4.78 is 13.6. The van der Waals surface area contributed by atoms with Gasteiger partial charge in [-0.05, 0) is 6.92 Å². The van der Waals surface area contributed by atoms with E-state index >= 15 is 0 Å². The molecule has 0 bridgehead atoms. The van der Waals surface area contributed by atoms with Gasteiger partial charge in [0.15, 0.2) is 6.10 Å². The van der Waals surface area contributed by atoms with E-state index in [9.17, 15) is 9.36 Å². The van der Waals surface area contributed by atoms with Gasteiger partial charge in [-0.2, -0.15) is 0 Å². The highest BCUT2D eigenvalue weighted by atomic mass is 31.2.